The van der Waals surface area contributed by atoms with Crippen molar-refractivity contribution in [1.29, 1.82) is 0 Å². The number of nitrogens with one attached hydrogen (secondary N) is 2. The Labute approximate surface area is 161 Å². The van der Waals surface area contributed by atoms with Crippen molar-refractivity contribution in [2.24, 2.45) is 0 Å². The van der Waals surface area contributed by atoms with Gasteiger partial charge in [0.15, 0.2) is 13.5 Å². The van der Waals surface area contributed by atoms with Crippen LogP contribution in [0.1, 0.15) is 38.5 Å². The molecule has 0 radical (unpaired) electrons. The molecular formula is C18H30N5OPS. The lowest BCUT2D eigenvalue weighted by Gasteiger charge is -2.36. The molecule has 144 valence electrons. The smallest absolute Gasteiger partial charge is 0.174 e. The zero-order chi connectivity index (χ0) is 18.1. The van der Waals surface area contributed by atoms with Gasteiger partial charge < -0.3 is 20.3 Å². The summed E-state index contributed by atoms with van der Waals surface area (Å²) in [4.78, 5) is 9.67. The number of aromatic nitrogens is 2. The Morgan fingerprint density at radius 2 is 1.58 bits per heavy atom. The summed E-state index contributed by atoms with van der Waals surface area (Å²) in [5.41, 5.74) is 0.917. The Morgan fingerprint density at radius 1 is 0.962 bits per heavy atom. The molecule has 0 aromatic carbocycles. The lowest BCUT2D eigenvalue weighted by atomic mass is 10.4. The van der Waals surface area contributed by atoms with Gasteiger partial charge in [-0.3, -0.25) is 0 Å². The van der Waals surface area contributed by atoms with Gasteiger partial charge in [0.05, 0.1) is 13.1 Å². The topological polar surface area (TPSA) is 72.9 Å². The van der Waals surface area contributed by atoms with Gasteiger partial charge in [-0.05, 0) is 64.0 Å². The second kappa shape index (κ2) is 10.6. The molecule has 0 saturated carbocycles. The van der Waals surface area contributed by atoms with Gasteiger partial charge in [0.1, 0.15) is 10.3 Å². The zero-order valence-corrected chi connectivity index (χ0v) is 17.2. The van der Waals surface area contributed by atoms with Gasteiger partial charge in [0.25, 0.3) is 0 Å². The fourth-order valence-corrected chi connectivity index (χ4v) is 5.89. The van der Waals surface area contributed by atoms with Crippen molar-refractivity contribution >= 4 is 35.2 Å². The van der Waals surface area contributed by atoms with Crippen LogP contribution in [0.25, 0.3) is 10.3 Å². The first-order valence-corrected chi connectivity index (χ1v) is 11.5. The minimum absolute atomic E-state index is 0.0696. The van der Waals surface area contributed by atoms with Crippen LogP contribution in [0.2, 0.25) is 0 Å². The molecule has 0 aliphatic carbocycles. The van der Waals surface area contributed by atoms with E-state index in [1.165, 1.54) is 51.9 Å². The molecule has 3 aliphatic heterocycles. The van der Waals surface area contributed by atoms with Gasteiger partial charge in [-0.15, -0.1) is 0 Å². The summed E-state index contributed by atoms with van der Waals surface area (Å²) >= 11 is 1.56. The van der Waals surface area contributed by atoms with Gasteiger partial charge in [-0.25, -0.2) is 9.97 Å². The van der Waals surface area contributed by atoms with E-state index < -0.39 is 0 Å². The van der Waals surface area contributed by atoms with Crippen LogP contribution in [0.4, 0.5) is 0 Å². The molecule has 1 unspecified atom stereocenters. The SMILES string of the molecule is C1CCNC1.C1CCNC1.[O-][N+]1(Pc2nc3cccnc3s2)CCCC1. The first kappa shape index (κ1) is 20.1. The molecule has 3 fully saturated rings. The number of quaternary nitrogens is 1. The predicted molar refractivity (Wildman–Crippen MR) is 112 cm³/mol. The van der Waals surface area contributed by atoms with Crippen LogP contribution in [0.3, 0.4) is 0 Å². The average Bonchev–Trinajstić information content (AvgIpc) is 3.43. The van der Waals surface area contributed by atoms with Crippen molar-refractivity contribution in [3.8, 4) is 0 Å². The van der Waals surface area contributed by atoms with E-state index in [-0.39, 0.29) is 13.1 Å². The maximum atomic E-state index is 12.2. The summed E-state index contributed by atoms with van der Waals surface area (Å²) in [6, 6.07) is 3.83. The Kier molecular flexibility index (Phi) is 8.17. The zero-order valence-electron chi connectivity index (χ0n) is 15.4. The van der Waals surface area contributed by atoms with E-state index in [4.69, 9.17) is 0 Å². The molecule has 2 aromatic rings. The number of thiazole rings is 1. The summed E-state index contributed by atoms with van der Waals surface area (Å²) in [5, 5.41) is 18.7. The van der Waals surface area contributed by atoms with Crippen molar-refractivity contribution in [1.82, 2.24) is 20.6 Å². The van der Waals surface area contributed by atoms with Crippen LogP contribution < -0.4 is 15.4 Å². The summed E-state index contributed by atoms with van der Waals surface area (Å²) in [7, 11) is 0.244. The van der Waals surface area contributed by atoms with Crippen LogP contribution >= 0.6 is 20.1 Å². The summed E-state index contributed by atoms with van der Waals surface area (Å²) < 4.78 is 0.880. The number of pyridine rings is 1. The molecule has 8 heteroatoms. The molecule has 3 aliphatic rings. The Balaban J connectivity index is 0.000000159. The van der Waals surface area contributed by atoms with E-state index in [1.54, 1.807) is 17.5 Å². The van der Waals surface area contributed by atoms with Gasteiger partial charge in [0, 0.05) is 19.0 Å². The average molecular weight is 396 g/mol. The number of hydrogen-bond donors (Lipinski definition) is 2. The quantitative estimate of drug-likeness (QED) is 0.604. The fourth-order valence-electron chi connectivity index (χ4n) is 3.20. The van der Waals surface area contributed by atoms with E-state index in [0.29, 0.717) is 0 Å². The molecule has 0 spiro atoms. The molecule has 0 bridgehead atoms. The van der Waals surface area contributed by atoms with E-state index >= 15 is 0 Å². The molecule has 3 saturated heterocycles. The number of fused-ring (bicyclic) bond motifs is 1. The fraction of sp³-hybridized carbons (Fsp3) is 0.667. The monoisotopic (exact) mass is 395 g/mol. The number of nitrogens with zero attached hydrogens (tertiary/aromatic N) is 3. The third-order valence-corrected chi connectivity index (χ3v) is 7.20. The molecule has 2 aromatic heterocycles. The first-order valence-electron chi connectivity index (χ1n) is 9.75. The molecule has 26 heavy (non-hydrogen) atoms. The summed E-state index contributed by atoms with van der Waals surface area (Å²) in [5.74, 6) is 0. The molecule has 6 nitrogen and oxygen atoms in total. The highest BCUT2D eigenvalue weighted by molar-refractivity contribution is 7.53. The Hall–Kier alpha value is -0.690. The normalized spacial score (nSPS) is 21.6. The van der Waals surface area contributed by atoms with Crippen molar-refractivity contribution in [3.63, 3.8) is 0 Å². The summed E-state index contributed by atoms with van der Waals surface area (Å²) in [6.07, 6.45) is 9.43. The second-order valence-electron chi connectivity index (χ2n) is 6.92. The van der Waals surface area contributed by atoms with Crippen LogP contribution in [0.15, 0.2) is 18.3 Å². The highest BCUT2D eigenvalue weighted by Gasteiger charge is 2.25. The molecule has 1 atom stereocenters. The van der Waals surface area contributed by atoms with Crippen LogP contribution in [-0.2, 0) is 0 Å². The molecule has 0 amide bonds. The van der Waals surface area contributed by atoms with Gasteiger partial charge >= 0.3 is 0 Å². The molecule has 2 N–H and O–H groups in total. The van der Waals surface area contributed by atoms with Crippen LogP contribution in [0.5, 0.6) is 0 Å². The number of hydrogen-bond acceptors (Lipinski definition) is 6. The third kappa shape index (κ3) is 6.48. The minimum atomic E-state index is -0.0696. The van der Waals surface area contributed by atoms with E-state index in [0.717, 1.165) is 41.0 Å². The highest BCUT2D eigenvalue weighted by atomic mass is 32.1. The number of hydroxylamine groups is 2. The van der Waals surface area contributed by atoms with Crippen molar-refractivity contribution in [2.45, 2.75) is 38.5 Å². The second-order valence-corrected chi connectivity index (χ2v) is 9.77. The van der Waals surface area contributed by atoms with Crippen LogP contribution in [-0.4, -0.2) is 53.7 Å². The summed E-state index contributed by atoms with van der Waals surface area (Å²) in [6.45, 7) is 6.50. The highest BCUT2D eigenvalue weighted by Crippen LogP contribution is 2.34. The Bertz CT molecular complexity index is 596. The molecular weight excluding hydrogens is 365 g/mol. The first-order chi connectivity index (χ1) is 12.8. The maximum absolute atomic E-state index is 12.2. The van der Waals surface area contributed by atoms with Crippen LogP contribution in [0, 0.1) is 5.21 Å². The lowest BCUT2D eigenvalue weighted by molar-refractivity contribution is -0.733. The molecule has 5 heterocycles. The van der Waals surface area contributed by atoms with Crippen molar-refractivity contribution in [3.05, 3.63) is 23.5 Å². The van der Waals surface area contributed by atoms with Gasteiger partial charge in [-0.1, -0.05) is 11.3 Å². The van der Waals surface area contributed by atoms with Crippen molar-refractivity contribution in [2.75, 3.05) is 39.3 Å². The largest absolute Gasteiger partial charge is 0.632 e. The predicted octanol–water partition coefficient (Wildman–Crippen LogP) is 2.76. The van der Waals surface area contributed by atoms with Gasteiger partial charge in [-0.2, -0.15) is 0 Å². The van der Waals surface area contributed by atoms with E-state index in [1.807, 2.05) is 12.1 Å². The standard InChI is InChI=1S/C10H12N3OPS.2C4H9N/c14-13(6-1-2-7-13)15-10-12-8-4-3-5-11-9(8)16-10;2*1-2-4-5-3-1/h3-5,15H,1-2,6-7H2;2*5H,1-4H2. The third-order valence-electron chi connectivity index (χ3n) is 4.67. The van der Waals surface area contributed by atoms with E-state index in [9.17, 15) is 5.21 Å². The van der Waals surface area contributed by atoms with Crippen molar-refractivity contribution < 1.29 is 4.42 Å². The van der Waals surface area contributed by atoms with E-state index in [2.05, 4.69) is 20.6 Å². The Morgan fingerprint density at radius 3 is 2.08 bits per heavy atom. The maximum Gasteiger partial charge on any atom is 0.174 e. The molecule has 5 rings (SSSR count). The minimum Gasteiger partial charge on any atom is -0.632 e. The van der Waals surface area contributed by atoms with Gasteiger partial charge in [0.2, 0.25) is 0 Å². The number of rotatable bonds is 2. The lowest BCUT2D eigenvalue weighted by Crippen LogP contribution is -2.31.